The zero-order valence-electron chi connectivity index (χ0n) is 11.3. The third-order valence-corrected chi connectivity index (χ3v) is 3.39. The normalized spacial score (nSPS) is 12.7. The van der Waals surface area contributed by atoms with Crippen molar-refractivity contribution >= 4 is 11.6 Å². The fourth-order valence-electron chi connectivity index (χ4n) is 2.08. The van der Waals surface area contributed by atoms with Crippen molar-refractivity contribution in [3.05, 3.63) is 34.6 Å². The first-order chi connectivity index (χ1) is 8.67. The Morgan fingerprint density at radius 3 is 2.61 bits per heavy atom. The third-order valence-electron chi connectivity index (χ3n) is 3.09. The molecule has 1 aromatic carbocycles. The third kappa shape index (κ3) is 5.36. The molecule has 0 aliphatic carbocycles. The van der Waals surface area contributed by atoms with E-state index in [1.165, 1.54) is 12.8 Å². The Bertz CT molecular complexity index is 354. The Morgan fingerprint density at radius 1 is 1.22 bits per heavy atom. The predicted octanol–water partition coefficient (Wildman–Crippen LogP) is 4.58. The first kappa shape index (κ1) is 15.5. The Morgan fingerprint density at radius 2 is 2.00 bits per heavy atom. The largest absolute Gasteiger partial charge is 0.314 e. The molecule has 1 nitrogen and oxygen atoms in total. The number of rotatable bonds is 8. The summed E-state index contributed by atoms with van der Waals surface area (Å²) in [7, 11) is 0. The van der Waals surface area contributed by atoms with E-state index in [1.807, 2.05) is 6.07 Å². The molecule has 0 amide bonds. The van der Waals surface area contributed by atoms with Gasteiger partial charge in [-0.05, 0) is 49.9 Å². The summed E-state index contributed by atoms with van der Waals surface area (Å²) in [4.78, 5) is 0. The van der Waals surface area contributed by atoms with Crippen LogP contribution in [0, 0.1) is 5.82 Å². The van der Waals surface area contributed by atoms with E-state index in [4.69, 9.17) is 11.6 Å². The van der Waals surface area contributed by atoms with Gasteiger partial charge in [0.05, 0.1) is 5.02 Å². The second-order valence-corrected chi connectivity index (χ2v) is 5.13. The average molecular weight is 272 g/mol. The lowest BCUT2D eigenvalue weighted by Gasteiger charge is -2.17. The molecule has 0 aromatic heterocycles. The second kappa shape index (κ2) is 8.49. The number of halogens is 2. The van der Waals surface area contributed by atoms with Crippen LogP contribution in [0.15, 0.2) is 18.2 Å². The van der Waals surface area contributed by atoms with E-state index >= 15 is 0 Å². The minimum absolute atomic E-state index is 0.202. The van der Waals surface area contributed by atoms with Gasteiger partial charge in [-0.3, -0.25) is 0 Å². The van der Waals surface area contributed by atoms with Gasteiger partial charge in [0.15, 0.2) is 0 Å². The fraction of sp³-hybridized carbons (Fsp3) is 0.600. The van der Waals surface area contributed by atoms with E-state index in [1.54, 1.807) is 12.1 Å². The van der Waals surface area contributed by atoms with Crippen LogP contribution in [0.2, 0.25) is 5.02 Å². The molecule has 18 heavy (non-hydrogen) atoms. The van der Waals surface area contributed by atoms with Gasteiger partial charge in [-0.15, -0.1) is 0 Å². The molecule has 0 saturated carbocycles. The summed E-state index contributed by atoms with van der Waals surface area (Å²) in [6.45, 7) is 5.42. The van der Waals surface area contributed by atoms with Crippen LogP contribution in [0.5, 0.6) is 0 Å². The topological polar surface area (TPSA) is 12.0 Å². The minimum atomic E-state index is -0.317. The van der Waals surface area contributed by atoms with Gasteiger partial charge >= 0.3 is 0 Å². The smallest absolute Gasteiger partial charge is 0.142 e. The predicted molar refractivity (Wildman–Crippen MR) is 76.7 cm³/mol. The van der Waals surface area contributed by atoms with Gasteiger partial charge in [0, 0.05) is 6.04 Å². The van der Waals surface area contributed by atoms with Gasteiger partial charge in [0.2, 0.25) is 0 Å². The van der Waals surface area contributed by atoms with Crippen LogP contribution in [0.25, 0.3) is 0 Å². The molecule has 1 atom stereocenters. The molecule has 102 valence electrons. The van der Waals surface area contributed by atoms with Gasteiger partial charge in [-0.25, -0.2) is 4.39 Å². The maximum absolute atomic E-state index is 13.3. The number of hydrogen-bond acceptors (Lipinski definition) is 1. The van der Waals surface area contributed by atoms with Crippen LogP contribution in [0.4, 0.5) is 4.39 Å². The summed E-state index contributed by atoms with van der Waals surface area (Å²) < 4.78 is 13.3. The Hall–Kier alpha value is -0.600. The van der Waals surface area contributed by atoms with Crippen molar-refractivity contribution in [2.45, 2.75) is 52.0 Å². The minimum Gasteiger partial charge on any atom is -0.314 e. The summed E-state index contributed by atoms with van der Waals surface area (Å²) in [5, 5.41) is 3.75. The maximum atomic E-state index is 13.3. The molecule has 1 N–H and O–H groups in total. The summed E-state index contributed by atoms with van der Waals surface area (Å²) in [6, 6.07) is 5.63. The quantitative estimate of drug-likeness (QED) is 0.730. The standard InChI is InChI=1S/C15H23ClFN/c1-3-5-13(18-10-4-2)8-6-12-7-9-14(16)15(17)11-12/h7,9,11,13,18H,3-6,8,10H2,1-2H3. The average Bonchev–Trinajstić information content (AvgIpc) is 2.37. The molecule has 1 unspecified atom stereocenters. The van der Waals surface area contributed by atoms with Crippen molar-refractivity contribution < 1.29 is 4.39 Å². The number of nitrogens with one attached hydrogen (secondary N) is 1. The molecular formula is C15H23ClFN. The van der Waals surface area contributed by atoms with E-state index < -0.39 is 0 Å². The molecule has 0 heterocycles. The van der Waals surface area contributed by atoms with Crippen LogP contribution in [0.1, 0.15) is 45.1 Å². The highest BCUT2D eigenvalue weighted by molar-refractivity contribution is 6.30. The summed E-state index contributed by atoms with van der Waals surface area (Å²) in [6.07, 6.45) is 5.45. The van der Waals surface area contributed by atoms with Crippen molar-refractivity contribution in [2.24, 2.45) is 0 Å². The van der Waals surface area contributed by atoms with Crippen LogP contribution < -0.4 is 5.32 Å². The lowest BCUT2D eigenvalue weighted by Crippen LogP contribution is -2.30. The maximum Gasteiger partial charge on any atom is 0.142 e. The first-order valence-electron chi connectivity index (χ1n) is 6.84. The van der Waals surface area contributed by atoms with Crippen molar-refractivity contribution in [3.8, 4) is 0 Å². The molecule has 0 saturated heterocycles. The summed E-state index contributed by atoms with van der Waals surface area (Å²) in [5.41, 5.74) is 1.02. The lowest BCUT2D eigenvalue weighted by atomic mass is 10.0. The Labute approximate surface area is 115 Å². The van der Waals surface area contributed by atoms with E-state index in [2.05, 4.69) is 19.2 Å². The van der Waals surface area contributed by atoms with E-state index in [0.717, 1.165) is 31.4 Å². The highest BCUT2D eigenvalue weighted by Crippen LogP contribution is 2.17. The molecule has 0 aliphatic heterocycles. The summed E-state index contributed by atoms with van der Waals surface area (Å²) in [5.74, 6) is -0.317. The van der Waals surface area contributed by atoms with Gasteiger partial charge in [-0.1, -0.05) is 37.9 Å². The molecule has 0 radical (unpaired) electrons. The van der Waals surface area contributed by atoms with Crippen LogP contribution in [0.3, 0.4) is 0 Å². The highest BCUT2D eigenvalue weighted by atomic mass is 35.5. The van der Waals surface area contributed by atoms with Crippen molar-refractivity contribution in [1.29, 1.82) is 0 Å². The van der Waals surface area contributed by atoms with Crippen LogP contribution in [-0.4, -0.2) is 12.6 Å². The van der Waals surface area contributed by atoms with E-state index in [0.29, 0.717) is 6.04 Å². The second-order valence-electron chi connectivity index (χ2n) is 4.73. The van der Waals surface area contributed by atoms with Crippen molar-refractivity contribution in [2.75, 3.05) is 6.54 Å². The first-order valence-corrected chi connectivity index (χ1v) is 7.22. The molecule has 3 heteroatoms. The number of benzene rings is 1. The molecule has 0 fully saturated rings. The highest BCUT2D eigenvalue weighted by Gasteiger charge is 2.08. The van der Waals surface area contributed by atoms with E-state index in [9.17, 15) is 4.39 Å². The van der Waals surface area contributed by atoms with Crippen molar-refractivity contribution in [3.63, 3.8) is 0 Å². The number of hydrogen-bond donors (Lipinski definition) is 1. The summed E-state index contributed by atoms with van der Waals surface area (Å²) >= 11 is 5.67. The molecule has 0 aliphatic rings. The SMILES string of the molecule is CCCNC(CCC)CCc1ccc(Cl)c(F)c1. The zero-order valence-corrected chi connectivity index (χ0v) is 12.1. The van der Waals surface area contributed by atoms with Gasteiger partial charge < -0.3 is 5.32 Å². The Kier molecular flexibility index (Phi) is 7.29. The van der Waals surface area contributed by atoms with Gasteiger partial charge in [0.25, 0.3) is 0 Å². The molecule has 1 aromatic rings. The Balaban J connectivity index is 2.47. The monoisotopic (exact) mass is 271 g/mol. The fourth-order valence-corrected chi connectivity index (χ4v) is 2.20. The van der Waals surface area contributed by atoms with Gasteiger partial charge in [0.1, 0.15) is 5.82 Å². The van der Waals surface area contributed by atoms with Crippen LogP contribution in [-0.2, 0) is 6.42 Å². The van der Waals surface area contributed by atoms with Gasteiger partial charge in [-0.2, -0.15) is 0 Å². The van der Waals surface area contributed by atoms with Crippen LogP contribution >= 0.6 is 11.6 Å². The molecular weight excluding hydrogens is 249 g/mol. The molecule has 0 spiro atoms. The van der Waals surface area contributed by atoms with E-state index in [-0.39, 0.29) is 10.8 Å². The zero-order chi connectivity index (χ0) is 13.4. The molecule has 0 bridgehead atoms. The molecule has 1 rings (SSSR count). The number of aryl methyl sites for hydroxylation is 1. The lowest BCUT2D eigenvalue weighted by molar-refractivity contribution is 0.448. The van der Waals surface area contributed by atoms with Crippen molar-refractivity contribution in [1.82, 2.24) is 5.32 Å².